The maximum Gasteiger partial charge on any atom is 0.235 e. The number of carbonyl (C=O) groups excluding carboxylic acids is 1. The maximum atomic E-state index is 14.5. The van der Waals surface area contributed by atoms with Gasteiger partial charge in [0.2, 0.25) is 5.91 Å². The molecule has 7 heteroatoms. The summed E-state index contributed by atoms with van der Waals surface area (Å²) in [7, 11) is 0. The predicted molar refractivity (Wildman–Crippen MR) is 123 cm³/mol. The highest BCUT2D eigenvalue weighted by atomic mass is 19.1. The van der Waals surface area contributed by atoms with Gasteiger partial charge in [-0.05, 0) is 63.8 Å². The third kappa shape index (κ3) is 4.19. The van der Waals surface area contributed by atoms with Crippen LogP contribution in [0.15, 0.2) is 36.4 Å². The van der Waals surface area contributed by atoms with Crippen molar-refractivity contribution in [3.8, 4) is 11.3 Å². The summed E-state index contributed by atoms with van der Waals surface area (Å²) in [6, 6.07) is 5.46. The van der Waals surface area contributed by atoms with E-state index in [0.29, 0.717) is 31.6 Å². The second-order valence-corrected chi connectivity index (χ2v) is 9.25. The second kappa shape index (κ2) is 9.29. The Labute approximate surface area is 193 Å². The van der Waals surface area contributed by atoms with E-state index in [0.717, 1.165) is 12.0 Å². The van der Waals surface area contributed by atoms with Crippen molar-refractivity contribution in [3.05, 3.63) is 59.3 Å². The van der Waals surface area contributed by atoms with Gasteiger partial charge >= 0.3 is 0 Å². The van der Waals surface area contributed by atoms with Crippen LogP contribution in [0.4, 0.5) is 8.78 Å². The lowest BCUT2D eigenvalue weighted by Crippen LogP contribution is -2.61. The molecule has 1 amide bonds. The molecule has 2 aromatic rings. The highest BCUT2D eigenvalue weighted by Gasteiger charge is 2.50. The first-order valence-corrected chi connectivity index (χ1v) is 11.7. The Hall–Kier alpha value is -2.67. The molecule has 1 aromatic heterocycles. The van der Waals surface area contributed by atoms with E-state index in [1.807, 2.05) is 38.7 Å². The fraction of sp³-hybridized carbons (Fsp3) is 0.500. The molecule has 0 unspecified atom stereocenters. The molecule has 1 aromatic carbocycles. The number of fused-ring (bicyclic) bond motifs is 1. The van der Waals surface area contributed by atoms with E-state index in [4.69, 9.17) is 4.74 Å². The van der Waals surface area contributed by atoms with Gasteiger partial charge in [-0.3, -0.25) is 4.79 Å². The van der Waals surface area contributed by atoms with Crippen LogP contribution >= 0.6 is 0 Å². The second-order valence-electron chi connectivity index (χ2n) is 9.25. The Morgan fingerprint density at radius 3 is 2.58 bits per heavy atom. The van der Waals surface area contributed by atoms with E-state index in [9.17, 15) is 13.6 Å². The van der Waals surface area contributed by atoms with Gasteiger partial charge in [0.05, 0.1) is 34.6 Å². The molecule has 176 valence electrons. The molecule has 1 aliphatic heterocycles. The zero-order valence-electron chi connectivity index (χ0n) is 19.6. The van der Waals surface area contributed by atoms with Gasteiger partial charge in [0.25, 0.3) is 0 Å². The van der Waals surface area contributed by atoms with E-state index in [2.05, 4.69) is 16.3 Å². The minimum Gasteiger partial charge on any atom is -0.372 e. The third-order valence-electron chi connectivity index (χ3n) is 6.81. The van der Waals surface area contributed by atoms with E-state index in [1.165, 1.54) is 18.2 Å². The zero-order valence-corrected chi connectivity index (χ0v) is 19.6. The molecule has 1 saturated heterocycles. The summed E-state index contributed by atoms with van der Waals surface area (Å²) in [6.45, 7) is 9.04. The van der Waals surface area contributed by atoms with Crippen LogP contribution in [0.3, 0.4) is 0 Å². The quantitative estimate of drug-likeness (QED) is 0.565. The Balaban J connectivity index is 1.74. The Kier molecular flexibility index (Phi) is 6.61. The minimum absolute atomic E-state index is 0.00923. The average Bonchev–Trinajstić information content (AvgIpc) is 2.76. The van der Waals surface area contributed by atoms with Crippen LogP contribution in [0.1, 0.15) is 64.1 Å². The molecule has 2 atom stereocenters. The van der Waals surface area contributed by atoms with Crippen LogP contribution in [-0.2, 0) is 14.9 Å². The first kappa shape index (κ1) is 23.5. The third-order valence-corrected chi connectivity index (χ3v) is 6.81. The Bertz CT molecular complexity index is 1050. The lowest BCUT2D eigenvalue weighted by Gasteiger charge is -2.47. The van der Waals surface area contributed by atoms with Gasteiger partial charge in [0.1, 0.15) is 11.6 Å². The molecule has 5 nitrogen and oxygen atoms in total. The number of carbonyl (C=O) groups is 1. The zero-order chi connectivity index (χ0) is 23.8. The number of likely N-dealkylation sites (tertiary alicyclic amines) is 1. The summed E-state index contributed by atoms with van der Waals surface area (Å²) in [6.07, 6.45) is 6.17. The number of aromatic nitrogens is 2. The molecule has 0 saturated carbocycles. The first-order valence-electron chi connectivity index (χ1n) is 11.7. The van der Waals surface area contributed by atoms with E-state index < -0.39 is 17.0 Å². The number of halogens is 2. The lowest BCUT2D eigenvalue weighted by molar-refractivity contribution is -0.155. The molecule has 0 spiro atoms. The summed E-state index contributed by atoms with van der Waals surface area (Å²) >= 11 is 0. The smallest absolute Gasteiger partial charge is 0.235 e. The number of hydrogen-bond acceptors (Lipinski definition) is 4. The molecular weight excluding hydrogens is 424 g/mol. The molecule has 1 fully saturated rings. The van der Waals surface area contributed by atoms with E-state index >= 15 is 0 Å². The molecule has 1 aliphatic carbocycles. The van der Waals surface area contributed by atoms with Crippen molar-refractivity contribution in [2.75, 3.05) is 13.1 Å². The number of nitrogens with zero attached hydrogens (tertiary/aromatic N) is 3. The standard InChI is InChI=1S/C26H31F2N3O2/c1-5-8-17-11-12-26(6-2,25(32)31-14-18(15-31)33-16(3)4)24-19(17)13-22(29-30-24)23-20(27)9-7-10-21(23)28/h5,7-10,13,16-18H,6,11-12,14-15H2,1-4H3/b8-5-/t17-,26-/m0/s1. The Morgan fingerprint density at radius 1 is 1.27 bits per heavy atom. The van der Waals surface area contributed by atoms with Gasteiger partial charge < -0.3 is 9.64 Å². The van der Waals surface area contributed by atoms with Crippen LogP contribution in [0.25, 0.3) is 11.3 Å². The molecule has 2 aliphatic rings. The largest absolute Gasteiger partial charge is 0.372 e. The number of rotatable bonds is 6. The summed E-state index contributed by atoms with van der Waals surface area (Å²) in [5.41, 5.74) is 0.598. The summed E-state index contributed by atoms with van der Waals surface area (Å²) < 4.78 is 34.7. The number of allylic oxidation sites excluding steroid dienone is 2. The average molecular weight is 456 g/mol. The van der Waals surface area contributed by atoms with Crippen molar-refractivity contribution in [1.29, 1.82) is 0 Å². The topological polar surface area (TPSA) is 55.3 Å². The van der Waals surface area contributed by atoms with Gasteiger partial charge in [0, 0.05) is 19.0 Å². The van der Waals surface area contributed by atoms with Gasteiger partial charge in [0.15, 0.2) is 0 Å². The number of hydrogen-bond donors (Lipinski definition) is 0. The molecule has 2 heterocycles. The van der Waals surface area contributed by atoms with Crippen molar-refractivity contribution in [3.63, 3.8) is 0 Å². The van der Waals surface area contributed by atoms with Crippen LogP contribution in [0.5, 0.6) is 0 Å². The van der Waals surface area contributed by atoms with Gasteiger partial charge in [-0.25, -0.2) is 8.78 Å². The first-order chi connectivity index (χ1) is 15.8. The van der Waals surface area contributed by atoms with Crippen molar-refractivity contribution in [2.45, 2.75) is 70.5 Å². The highest BCUT2D eigenvalue weighted by molar-refractivity contribution is 5.89. The molecular formula is C26H31F2N3O2. The molecule has 0 radical (unpaired) electrons. The fourth-order valence-electron chi connectivity index (χ4n) is 5.11. The minimum atomic E-state index is -0.796. The highest BCUT2D eigenvalue weighted by Crippen LogP contribution is 2.47. The molecule has 0 N–H and O–H groups in total. The SMILES string of the molecule is C/C=C\[C@H]1CC[C@](CC)(C(=O)N2CC(OC(C)C)C2)c2nnc(-c3c(F)cccc3F)cc21. The normalized spacial score (nSPS) is 23.1. The van der Waals surface area contributed by atoms with Crippen molar-refractivity contribution < 1.29 is 18.3 Å². The van der Waals surface area contributed by atoms with Crippen LogP contribution in [0, 0.1) is 11.6 Å². The molecule has 0 bridgehead atoms. The molecule has 33 heavy (non-hydrogen) atoms. The van der Waals surface area contributed by atoms with Crippen molar-refractivity contribution in [1.82, 2.24) is 15.1 Å². The Morgan fingerprint density at radius 2 is 1.97 bits per heavy atom. The number of benzene rings is 1. The summed E-state index contributed by atoms with van der Waals surface area (Å²) in [4.78, 5) is 15.6. The number of amides is 1. The monoisotopic (exact) mass is 455 g/mol. The van der Waals surface area contributed by atoms with Gasteiger partial charge in [-0.1, -0.05) is 25.1 Å². The van der Waals surface area contributed by atoms with Crippen molar-refractivity contribution >= 4 is 5.91 Å². The van der Waals surface area contributed by atoms with Gasteiger partial charge in [-0.2, -0.15) is 5.10 Å². The van der Waals surface area contributed by atoms with Crippen LogP contribution < -0.4 is 0 Å². The predicted octanol–water partition coefficient (Wildman–Crippen LogP) is 5.16. The molecule has 4 rings (SSSR count). The van der Waals surface area contributed by atoms with E-state index in [-0.39, 0.29) is 35.3 Å². The fourth-order valence-corrected chi connectivity index (χ4v) is 5.11. The summed E-state index contributed by atoms with van der Waals surface area (Å²) in [5.74, 6) is -1.32. The summed E-state index contributed by atoms with van der Waals surface area (Å²) in [5, 5.41) is 8.68. The van der Waals surface area contributed by atoms with E-state index in [1.54, 1.807) is 6.07 Å². The van der Waals surface area contributed by atoms with Gasteiger partial charge in [-0.15, -0.1) is 5.10 Å². The lowest BCUT2D eigenvalue weighted by atomic mass is 9.66. The van der Waals surface area contributed by atoms with Crippen LogP contribution in [-0.4, -0.2) is 46.3 Å². The number of ether oxygens (including phenoxy) is 1. The maximum absolute atomic E-state index is 14.5. The van der Waals surface area contributed by atoms with Crippen LogP contribution in [0.2, 0.25) is 0 Å². The van der Waals surface area contributed by atoms with Crippen molar-refractivity contribution in [2.24, 2.45) is 0 Å².